The van der Waals surface area contributed by atoms with Gasteiger partial charge in [0.15, 0.2) is 0 Å². The maximum absolute atomic E-state index is 4.39. The lowest BCUT2D eigenvalue weighted by molar-refractivity contribution is 0.468. The van der Waals surface area contributed by atoms with E-state index < -0.39 is 0 Å². The highest BCUT2D eigenvalue weighted by molar-refractivity contribution is 5.53. The van der Waals surface area contributed by atoms with Crippen molar-refractivity contribution >= 4 is 11.6 Å². The molecule has 2 aromatic heterocycles. The summed E-state index contributed by atoms with van der Waals surface area (Å²) in [5, 5.41) is 3.34. The number of hydrogen-bond acceptors (Lipinski definition) is 3. The molecule has 5 nitrogen and oxygen atoms in total. The smallest absolute Gasteiger partial charge is 0.207 e. The molecule has 2 heterocycles. The van der Waals surface area contributed by atoms with Gasteiger partial charge < -0.3 is 14.5 Å². The maximum atomic E-state index is 4.39. The van der Waals surface area contributed by atoms with Gasteiger partial charge in [-0.3, -0.25) is 0 Å². The second-order valence-corrected chi connectivity index (χ2v) is 4.76. The molecule has 0 aliphatic heterocycles. The molecule has 5 heteroatoms. The van der Waals surface area contributed by atoms with Gasteiger partial charge in [-0.25, -0.2) is 9.97 Å². The number of para-hydroxylation sites is 1. The normalized spacial score (nSPS) is 12.2. The fraction of sp³-hybridized carbons (Fsp3) is 0.200. The van der Waals surface area contributed by atoms with Crippen LogP contribution in [-0.4, -0.2) is 19.1 Å². The summed E-state index contributed by atoms with van der Waals surface area (Å²) >= 11 is 0. The van der Waals surface area contributed by atoms with Crippen LogP contribution in [0.25, 0.3) is 0 Å². The topological polar surface area (TPSA) is 47.7 Å². The molecule has 102 valence electrons. The van der Waals surface area contributed by atoms with E-state index in [-0.39, 0.29) is 6.04 Å². The van der Waals surface area contributed by atoms with Gasteiger partial charge in [-0.2, -0.15) is 0 Å². The first-order chi connectivity index (χ1) is 9.83. The quantitative estimate of drug-likeness (QED) is 0.772. The molecule has 0 fully saturated rings. The van der Waals surface area contributed by atoms with Crippen molar-refractivity contribution < 1.29 is 0 Å². The summed E-state index contributed by atoms with van der Waals surface area (Å²) in [6.45, 7) is 3.03. The number of aromatic nitrogens is 4. The van der Waals surface area contributed by atoms with Gasteiger partial charge in [0.2, 0.25) is 5.95 Å². The Morgan fingerprint density at radius 1 is 1.15 bits per heavy atom. The van der Waals surface area contributed by atoms with E-state index in [4.69, 9.17) is 0 Å². The summed E-state index contributed by atoms with van der Waals surface area (Å²) in [6.07, 6.45) is 9.40. The highest BCUT2D eigenvalue weighted by Crippen LogP contribution is 2.19. The van der Waals surface area contributed by atoms with Gasteiger partial charge in [-0.15, -0.1) is 0 Å². The number of imidazole rings is 2. The van der Waals surface area contributed by atoms with E-state index in [0.717, 1.165) is 18.2 Å². The minimum atomic E-state index is 0.290. The third-order valence-electron chi connectivity index (χ3n) is 3.21. The van der Waals surface area contributed by atoms with Gasteiger partial charge in [-0.05, 0) is 19.1 Å². The Hall–Kier alpha value is -2.56. The maximum Gasteiger partial charge on any atom is 0.207 e. The van der Waals surface area contributed by atoms with Crippen molar-refractivity contribution in [3.05, 3.63) is 61.4 Å². The second kappa shape index (κ2) is 5.61. The highest BCUT2D eigenvalue weighted by atomic mass is 15.2. The molecule has 0 saturated carbocycles. The molecule has 0 saturated heterocycles. The van der Waals surface area contributed by atoms with Crippen LogP contribution in [0.1, 0.15) is 13.0 Å². The molecule has 0 aliphatic rings. The van der Waals surface area contributed by atoms with Gasteiger partial charge in [0.05, 0.1) is 12.4 Å². The Kier molecular flexibility index (Phi) is 3.50. The van der Waals surface area contributed by atoms with Crippen molar-refractivity contribution in [1.29, 1.82) is 0 Å². The van der Waals surface area contributed by atoms with Crippen LogP contribution in [0.4, 0.5) is 11.6 Å². The van der Waals surface area contributed by atoms with E-state index in [1.807, 2.05) is 55.2 Å². The summed E-state index contributed by atoms with van der Waals surface area (Å²) < 4.78 is 4.20. The number of rotatable bonds is 5. The molecule has 20 heavy (non-hydrogen) atoms. The van der Waals surface area contributed by atoms with Gasteiger partial charge in [-0.1, -0.05) is 18.2 Å². The highest BCUT2D eigenvalue weighted by Gasteiger charge is 2.10. The lowest BCUT2D eigenvalue weighted by Gasteiger charge is -2.17. The zero-order valence-electron chi connectivity index (χ0n) is 11.3. The third-order valence-corrected chi connectivity index (χ3v) is 3.21. The first-order valence-electron chi connectivity index (χ1n) is 6.63. The summed E-state index contributed by atoms with van der Waals surface area (Å²) in [5.74, 6) is 0.851. The molecule has 0 bridgehead atoms. The predicted molar refractivity (Wildman–Crippen MR) is 78.9 cm³/mol. The number of benzene rings is 1. The zero-order valence-corrected chi connectivity index (χ0v) is 11.3. The first-order valence-corrected chi connectivity index (χ1v) is 6.63. The van der Waals surface area contributed by atoms with Gasteiger partial charge in [0, 0.05) is 37.0 Å². The molecule has 1 N–H and O–H groups in total. The Morgan fingerprint density at radius 3 is 2.75 bits per heavy atom. The van der Waals surface area contributed by atoms with Gasteiger partial charge in [0.1, 0.15) is 0 Å². The molecule has 0 aliphatic carbocycles. The van der Waals surface area contributed by atoms with Gasteiger partial charge in [0.25, 0.3) is 0 Å². The molecule has 1 aromatic carbocycles. The van der Waals surface area contributed by atoms with Crippen molar-refractivity contribution in [3.8, 4) is 0 Å². The number of hydrogen-bond donors (Lipinski definition) is 1. The second-order valence-electron chi connectivity index (χ2n) is 4.76. The third kappa shape index (κ3) is 2.71. The van der Waals surface area contributed by atoms with Crippen LogP contribution < -0.4 is 5.32 Å². The van der Waals surface area contributed by atoms with Crippen LogP contribution in [0, 0.1) is 0 Å². The van der Waals surface area contributed by atoms with E-state index >= 15 is 0 Å². The minimum absolute atomic E-state index is 0.290. The van der Waals surface area contributed by atoms with Crippen LogP contribution in [0.2, 0.25) is 0 Å². The van der Waals surface area contributed by atoms with E-state index in [0.29, 0.717) is 0 Å². The molecular formula is C15H17N5. The van der Waals surface area contributed by atoms with Crippen molar-refractivity contribution in [1.82, 2.24) is 19.1 Å². The van der Waals surface area contributed by atoms with E-state index in [1.165, 1.54) is 0 Å². The average Bonchev–Trinajstić information content (AvgIpc) is 3.11. The fourth-order valence-corrected chi connectivity index (χ4v) is 2.20. The summed E-state index contributed by atoms with van der Waals surface area (Å²) in [5.41, 5.74) is 1.04. The Labute approximate surface area is 117 Å². The zero-order chi connectivity index (χ0) is 13.8. The Balaban J connectivity index is 1.76. The SMILES string of the molecule is CC(Cn1ccnc1)n1ccnc1Nc1ccccc1. The van der Waals surface area contributed by atoms with E-state index in [2.05, 4.69) is 31.3 Å². The minimum Gasteiger partial charge on any atom is -0.335 e. The largest absolute Gasteiger partial charge is 0.335 e. The predicted octanol–water partition coefficient (Wildman–Crippen LogP) is 3.08. The summed E-state index contributed by atoms with van der Waals surface area (Å²) in [4.78, 5) is 8.46. The lowest BCUT2D eigenvalue weighted by atomic mass is 10.3. The van der Waals surface area contributed by atoms with Gasteiger partial charge >= 0.3 is 0 Å². The first kappa shape index (κ1) is 12.5. The Bertz CT molecular complexity index is 642. The lowest BCUT2D eigenvalue weighted by Crippen LogP contribution is -2.13. The van der Waals surface area contributed by atoms with E-state index in [1.54, 1.807) is 6.20 Å². The molecule has 3 aromatic rings. The van der Waals surface area contributed by atoms with Crippen LogP contribution in [0.3, 0.4) is 0 Å². The molecule has 0 amide bonds. The van der Waals surface area contributed by atoms with Crippen molar-refractivity contribution in [3.63, 3.8) is 0 Å². The van der Waals surface area contributed by atoms with Crippen molar-refractivity contribution in [2.75, 3.05) is 5.32 Å². The van der Waals surface area contributed by atoms with Crippen molar-refractivity contribution in [2.24, 2.45) is 0 Å². The Morgan fingerprint density at radius 2 is 2.00 bits per heavy atom. The van der Waals surface area contributed by atoms with Crippen LogP contribution in [0.5, 0.6) is 0 Å². The number of nitrogens with one attached hydrogen (secondary N) is 1. The fourth-order valence-electron chi connectivity index (χ4n) is 2.20. The van der Waals surface area contributed by atoms with Crippen molar-refractivity contribution in [2.45, 2.75) is 19.5 Å². The van der Waals surface area contributed by atoms with E-state index in [9.17, 15) is 0 Å². The molecule has 0 spiro atoms. The average molecular weight is 267 g/mol. The monoisotopic (exact) mass is 267 g/mol. The molecule has 1 unspecified atom stereocenters. The summed E-state index contributed by atoms with van der Waals surface area (Å²) in [7, 11) is 0. The molecular weight excluding hydrogens is 250 g/mol. The number of anilines is 2. The molecule has 1 atom stereocenters. The van der Waals surface area contributed by atoms with Crippen LogP contribution in [0.15, 0.2) is 61.4 Å². The van der Waals surface area contributed by atoms with Crippen LogP contribution in [-0.2, 0) is 6.54 Å². The standard InChI is InChI=1S/C15H17N5/c1-13(11-19-9-7-16-12-19)20-10-8-17-15(20)18-14-5-3-2-4-6-14/h2-10,12-13H,11H2,1H3,(H,17,18). The van der Waals surface area contributed by atoms with Crippen LogP contribution >= 0.6 is 0 Å². The molecule has 3 rings (SSSR count). The number of nitrogens with zero attached hydrogens (tertiary/aromatic N) is 4. The summed E-state index contributed by atoms with van der Waals surface area (Å²) in [6, 6.07) is 10.4. The molecule has 0 radical (unpaired) electrons.